The minimum Gasteiger partial charge on any atom is -0.508 e. The van der Waals surface area contributed by atoms with E-state index in [4.69, 9.17) is 10.5 Å². The summed E-state index contributed by atoms with van der Waals surface area (Å²) in [5, 5.41) is 10.1. The van der Waals surface area contributed by atoms with Gasteiger partial charge in [-0.15, -0.1) is 0 Å². The molecule has 1 unspecified atom stereocenters. The molecule has 0 saturated carbocycles. The quantitative estimate of drug-likeness (QED) is 0.791. The number of piperidine rings is 1. The van der Waals surface area contributed by atoms with Crippen molar-refractivity contribution in [2.45, 2.75) is 45.3 Å². The average molecular weight is 292 g/mol. The second-order valence-corrected chi connectivity index (χ2v) is 5.99. The molecule has 4 heteroatoms. The van der Waals surface area contributed by atoms with Crippen molar-refractivity contribution in [3.63, 3.8) is 0 Å². The number of hydrogen-bond acceptors (Lipinski definition) is 4. The Labute approximate surface area is 127 Å². The predicted octanol–water partition coefficient (Wildman–Crippen LogP) is 2.59. The largest absolute Gasteiger partial charge is 0.508 e. The monoisotopic (exact) mass is 292 g/mol. The van der Waals surface area contributed by atoms with Crippen molar-refractivity contribution in [2.75, 3.05) is 26.2 Å². The Kier molecular flexibility index (Phi) is 6.03. The van der Waals surface area contributed by atoms with Crippen LogP contribution in [0.1, 0.15) is 43.4 Å². The molecule has 1 aliphatic heterocycles. The van der Waals surface area contributed by atoms with Crippen molar-refractivity contribution in [3.8, 4) is 5.75 Å². The Morgan fingerprint density at radius 2 is 2.10 bits per heavy atom. The fraction of sp³-hybridized carbons (Fsp3) is 0.647. The minimum absolute atomic E-state index is 0.245. The highest BCUT2D eigenvalue weighted by atomic mass is 16.5. The number of phenolic OH excluding ortho intramolecular Hbond substituents is 1. The molecule has 1 aliphatic rings. The lowest BCUT2D eigenvalue weighted by atomic mass is 9.99. The maximum Gasteiger partial charge on any atom is 0.120 e. The van der Waals surface area contributed by atoms with Gasteiger partial charge in [0, 0.05) is 31.3 Å². The highest BCUT2D eigenvalue weighted by Crippen LogP contribution is 2.31. The lowest BCUT2D eigenvalue weighted by Crippen LogP contribution is -2.38. The van der Waals surface area contributed by atoms with Gasteiger partial charge in [-0.3, -0.25) is 4.90 Å². The van der Waals surface area contributed by atoms with Gasteiger partial charge < -0.3 is 15.6 Å². The summed E-state index contributed by atoms with van der Waals surface area (Å²) in [6, 6.07) is 6.08. The van der Waals surface area contributed by atoms with E-state index in [0.29, 0.717) is 18.4 Å². The second-order valence-electron chi connectivity index (χ2n) is 5.99. The van der Waals surface area contributed by atoms with E-state index in [-0.39, 0.29) is 6.04 Å². The average Bonchev–Trinajstić information content (AvgIpc) is 2.50. The first kappa shape index (κ1) is 16.3. The van der Waals surface area contributed by atoms with Crippen LogP contribution in [0.4, 0.5) is 0 Å². The fourth-order valence-corrected chi connectivity index (χ4v) is 2.97. The molecule has 4 nitrogen and oxygen atoms in total. The zero-order chi connectivity index (χ0) is 15.2. The number of hydrogen-bond donors (Lipinski definition) is 2. The topological polar surface area (TPSA) is 58.7 Å². The molecule has 2 rings (SSSR count). The third kappa shape index (κ3) is 4.43. The summed E-state index contributed by atoms with van der Waals surface area (Å²) in [5.74, 6) is 0.398. The number of nitrogens with two attached hydrogens (primary N) is 1. The molecule has 0 aromatic heterocycles. The van der Waals surface area contributed by atoms with E-state index in [1.165, 1.54) is 5.56 Å². The maximum atomic E-state index is 10.1. The van der Waals surface area contributed by atoms with Gasteiger partial charge >= 0.3 is 0 Å². The molecule has 118 valence electrons. The molecule has 1 aromatic rings. The molecular formula is C17H28N2O2. The lowest BCUT2D eigenvalue weighted by molar-refractivity contribution is -0.000919. The highest BCUT2D eigenvalue weighted by molar-refractivity contribution is 5.37. The minimum atomic E-state index is 0.245. The molecule has 1 saturated heterocycles. The summed E-state index contributed by atoms with van der Waals surface area (Å²) < 4.78 is 5.84. The number of phenols is 1. The molecule has 1 heterocycles. The molecule has 1 aromatic carbocycles. The molecule has 0 radical (unpaired) electrons. The van der Waals surface area contributed by atoms with Crippen LogP contribution in [0, 0.1) is 6.92 Å². The molecule has 1 fully saturated rings. The summed E-state index contributed by atoms with van der Waals surface area (Å²) in [6.45, 7) is 7.73. The van der Waals surface area contributed by atoms with Gasteiger partial charge in [0.2, 0.25) is 0 Å². The van der Waals surface area contributed by atoms with E-state index in [0.717, 1.165) is 44.5 Å². The first-order valence-corrected chi connectivity index (χ1v) is 7.97. The molecular weight excluding hydrogens is 264 g/mol. The van der Waals surface area contributed by atoms with E-state index in [1.54, 1.807) is 6.07 Å². The third-order valence-electron chi connectivity index (χ3n) is 4.36. The Hall–Kier alpha value is -1.10. The van der Waals surface area contributed by atoms with Crippen LogP contribution in [0.2, 0.25) is 0 Å². The van der Waals surface area contributed by atoms with E-state index in [2.05, 4.69) is 24.8 Å². The summed E-state index contributed by atoms with van der Waals surface area (Å²) in [6.07, 6.45) is 3.42. The van der Waals surface area contributed by atoms with E-state index in [9.17, 15) is 5.11 Å². The van der Waals surface area contributed by atoms with Gasteiger partial charge in [-0.25, -0.2) is 0 Å². The van der Waals surface area contributed by atoms with Crippen molar-refractivity contribution in [1.82, 2.24) is 4.90 Å². The number of benzene rings is 1. The highest BCUT2D eigenvalue weighted by Gasteiger charge is 2.25. The van der Waals surface area contributed by atoms with Gasteiger partial charge in [-0.1, -0.05) is 17.7 Å². The van der Waals surface area contributed by atoms with Gasteiger partial charge in [0.05, 0.1) is 6.10 Å². The number of ether oxygens (including phenoxy) is 1. The standard InChI is InChI=1S/C17H28N2O2/c1-13-4-5-17(20)16(12-13)14(2)19-9-6-15(7-10-19)21-11-3-8-18/h4-5,12,14-15,20H,3,6-11,18H2,1-2H3. The van der Waals surface area contributed by atoms with Gasteiger partial charge in [0.1, 0.15) is 5.75 Å². The molecule has 1 atom stereocenters. The van der Waals surface area contributed by atoms with Crippen LogP contribution in [0.3, 0.4) is 0 Å². The number of likely N-dealkylation sites (tertiary alicyclic amines) is 1. The van der Waals surface area contributed by atoms with Crippen LogP contribution < -0.4 is 5.73 Å². The van der Waals surface area contributed by atoms with Crippen LogP contribution in [-0.4, -0.2) is 42.4 Å². The SMILES string of the molecule is Cc1ccc(O)c(C(C)N2CCC(OCCCN)CC2)c1. The van der Waals surface area contributed by atoms with Crippen LogP contribution in [0.25, 0.3) is 0 Å². The van der Waals surface area contributed by atoms with Gasteiger partial charge in [-0.2, -0.15) is 0 Å². The number of aryl methyl sites for hydroxylation is 1. The number of aromatic hydroxyl groups is 1. The van der Waals surface area contributed by atoms with Gasteiger partial charge in [-0.05, 0) is 45.7 Å². The smallest absolute Gasteiger partial charge is 0.120 e. The van der Waals surface area contributed by atoms with Crippen molar-refractivity contribution in [3.05, 3.63) is 29.3 Å². The van der Waals surface area contributed by atoms with Crippen LogP contribution in [0.15, 0.2) is 18.2 Å². The first-order chi connectivity index (χ1) is 10.1. The van der Waals surface area contributed by atoms with Gasteiger partial charge in [0.15, 0.2) is 0 Å². The van der Waals surface area contributed by atoms with Crippen molar-refractivity contribution >= 4 is 0 Å². The number of nitrogens with zero attached hydrogens (tertiary/aromatic N) is 1. The summed E-state index contributed by atoms with van der Waals surface area (Å²) in [7, 11) is 0. The van der Waals surface area contributed by atoms with Crippen molar-refractivity contribution < 1.29 is 9.84 Å². The number of rotatable bonds is 6. The molecule has 0 aliphatic carbocycles. The third-order valence-corrected chi connectivity index (χ3v) is 4.36. The molecule has 3 N–H and O–H groups in total. The molecule has 0 spiro atoms. The van der Waals surface area contributed by atoms with Crippen LogP contribution in [-0.2, 0) is 4.74 Å². The zero-order valence-corrected chi connectivity index (χ0v) is 13.2. The Morgan fingerprint density at radius 1 is 1.38 bits per heavy atom. The van der Waals surface area contributed by atoms with E-state index in [1.807, 2.05) is 6.07 Å². The van der Waals surface area contributed by atoms with Crippen molar-refractivity contribution in [2.24, 2.45) is 5.73 Å². The first-order valence-electron chi connectivity index (χ1n) is 7.97. The van der Waals surface area contributed by atoms with E-state index < -0.39 is 0 Å². The summed E-state index contributed by atoms with van der Waals surface area (Å²) >= 11 is 0. The van der Waals surface area contributed by atoms with E-state index >= 15 is 0 Å². The normalized spacial score (nSPS) is 18.8. The summed E-state index contributed by atoms with van der Waals surface area (Å²) in [5.41, 5.74) is 7.70. The predicted molar refractivity (Wildman–Crippen MR) is 85.5 cm³/mol. The lowest BCUT2D eigenvalue weighted by Gasteiger charge is -2.36. The molecule has 0 bridgehead atoms. The molecule has 21 heavy (non-hydrogen) atoms. The Bertz CT molecular complexity index is 442. The zero-order valence-electron chi connectivity index (χ0n) is 13.2. The Balaban J connectivity index is 1.88. The Morgan fingerprint density at radius 3 is 2.76 bits per heavy atom. The maximum absolute atomic E-state index is 10.1. The van der Waals surface area contributed by atoms with Crippen LogP contribution in [0.5, 0.6) is 5.75 Å². The fourth-order valence-electron chi connectivity index (χ4n) is 2.97. The van der Waals surface area contributed by atoms with Gasteiger partial charge in [0.25, 0.3) is 0 Å². The van der Waals surface area contributed by atoms with Crippen molar-refractivity contribution in [1.29, 1.82) is 0 Å². The summed E-state index contributed by atoms with van der Waals surface area (Å²) in [4.78, 5) is 2.43. The van der Waals surface area contributed by atoms with Crippen LogP contribution >= 0.6 is 0 Å². The second kappa shape index (κ2) is 7.78. The molecule has 0 amide bonds.